The van der Waals surface area contributed by atoms with Crippen molar-refractivity contribution in [1.29, 1.82) is 0 Å². The molecular weight excluding hydrogens is 228 g/mol. The van der Waals surface area contributed by atoms with Gasteiger partial charge in [0, 0.05) is 6.42 Å². The molecule has 1 fully saturated rings. The maximum Gasteiger partial charge on any atom is 0.161 e. The number of hydrogen-bond acceptors (Lipinski definition) is 3. The molecule has 1 aromatic rings. The highest BCUT2D eigenvalue weighted by molar-refractivity contribution is 5.45. The lowest BCUT2D eigenvalue weighted by Crippen LogP contribution is -2.18. The minimum absolute atomic E-state index is 0.0735. The molecular formula is C15H20O3. The number of rotatable bonds is 1. The maximum absolute atomic E-state index is 9.75. The van der Waals surface area contributed by atoms with Crippen LogP contribution >= 0.6 is 0 Å². The Morgan fingerprint density at radius 3 is 2.72 bits per heavy atom. The van der Waals surface area contributed by atoms with E-state index in [2.05, 4.69) is 19.1 Å². The van der Waals surface area contributed by atoms with Crippen LogP contribution in [0.2, 0.25) is 0 Å². The van der Waals surface area contributed by atoms with Crippen LogP contribution < -0.4 is 9.47 Å². The van der Waals surface area contributed by atoms with Crippen LogP contribution in [0.5, 0.6) is 11.5 Å². The van der Waals surface area contributed by atoms with E-state index in [0.29, 0.717) is 0 Å². The Labute approximate surface area is 108 Å². The molecule has 3 rings (SSSR count). The number of aliphatic hydroxyl groups is 1. The molecule has 1 saturated carbocycles. The van der Waals surface area contributed by atoms with Gasteiger partial charge in [0.15, 0.2) is 11.5 Å². The van der Waals surface area contributed by atoms with Gasteiger partial charge in [-0.25, -0.2) is 0 Å². The third-order valence-corrected chi connectivity index (χ3v) is 4.16. The molecule has 1 aliphatic carbocycles. The number of benzene rings is 1. The fourth-order valence-corrected chi connectivity index (χ4v) is 3.01. The normalized spacial score (nSPS) is 31.1. The van der Waals surface area contributed by atoms with Crippen LogP contribution in [0.25, 0.3) is 0 Å². The zero-order valence-electron chi connectivity index (χ0n) is 10.8. The summed E-state index contributed by atoms with van der Waals surface area (Å²) in [6.45, 7) is 3.67. The van der Waals surface area contributed by atoms with Crippen molar-refractivity contribution in [3.63, 3.8) is 0 Å². The number of ether oxygens (including phenoxy) is 2. The molecule has 18 heavy (non-hydrogen) atoms. The molecule has 1 heterocycles. The molecule has 2 atom stereocenters. The Bertz CT molecular complexity index is 443. The van der Waals surface area contributed by atoms with E-state index in [-0.39, 0.29) is 11.5 Å². The molecule has 0 spiro atoms. The Kier molecular flexibility index (Phi) is 2.94. The molecule has 0 amide bonds. The van der Waals surface area contributed by atoms with Crippen molar-refractivity contribution < 1.29 is 14.6 Å². The highest BCUT2D eigenvalue weighted by atomic mass is 16.5. The lowest BCUT2D eigenvalue weighted by atomic mass is 9.81. The standard InChI is InChI=1S/C15H20O3/c1-15(6-5-12(16)10-15)11-3-4-13-14(9-11)18-8-2-7-17-13/h3-4,9,12,16H,2,5-8,10H2,1H3. The van der Waals surface area contributed by atoms with Gasteiger partial charge in [-0.05, 0) is 42.4 Å². The molecule has 1 N–H and O–H groups in total. The van der Waals surface area contributed by atoms with Crippen LogP contribution in [0.4, 0.5) is 0 Å². The quantitative estimate of drug-likeness (QED) is 0.830. The molecule has 2 aliphatic rings. The molecule has 0 saturated heterocycles. The first-order valence-electron chi connectivity index (χ1n) is 6.76. The van der Waals surface area contributed by atoms with Crippen molar-refractivity contribution in [1.82, 2.24) is 0 Å². The molecule has 0 aromatic heterocycles. The summed E-state index contributed by atoms with van der Waals surface area (Å²) in [6.07, 6.45) is 3.54. The first kappa shape index (κ1) is 11.8. The highest BCUT2D eigenvalue weighted by Crippen LogP contribution is 2.43. The zero-order chi connectivity index (χ0) is 12.6. The van der Waals surface area contributed by atoms with Gasteiger partial charge in [0.2, 0.25) is 0 Å². The molecule has 3 nitrogen and oxygen atoms in total. The Morgan fingerprint density at radius 1 is 1.22 bits per heavy atom. The van der Waals surface area contributed by atoms with E-state index in [4.69, 9.17) is 9.47 Å². The number of fused-ring (bicyclic) bond motifs is 1. The van der Waals surface area contributed by atoms with Crippen LogP contribution in [0, 0.1) is 0 Å². The summed E-state index contributed by atoms with van der Waals surface area (Å²) < 4.78 is 11.4. The van der Waals surface area contributed by atoms with Gasteiger partial charge in [0.25, 0.3) is 0 Å². The van der Waals surface area contributed by atoms with Gasteiger partial charge >= 0.3 is 0 Å². The van der Waals surface area contributed by atoms with Gasteiger partial charge in [-0.1, -0.05) is 13.0 Å². The Morgan fingerprint density at radius 2 is 2.00 bits per heavy atom. The number of hydrogen-bond donors (Lipinski definition) is 1. The first-order valence-corrected chi connectivity index (χ1v) is 6.76. The van der Waals surface area contributed by atoms with Crippen molar-refractivity contribution in [3.05, 3.63) is 23.8 Å². The van der Waals surface area contributed by atoms with Crippen LogP contribution in [0.3, 0.4) is 0 Å². The van der Waals surface area contributed by atoms with Crippen molar-refractivity contribution in [3.8, 4) is 11.5 Å². The fourth-order valence-electron chi connectivity index (χ4n) is 3.01. The first-order chi connectivity index (χ1) is 8.67. The average Bonchev–Trinajstić information content (AvgIpc) is 2.60. The van der Waals surface area contributed by atoms with Gasteiger partial charge in [-0.15, -0.1) is 0 Å². The van der Waals surface area contributed by atoms with E-state index in [1.807, 2.05) is 6.07 Å². The molecule has 2 unspecified atom stereocenters. The summed E-state index contributed by atoms with van der Waals surface area (Å²) in [5.74, 6) is 1.70. The summed E-state index contributed by atoms with van der Waals surface area (Å²) in [4.78, 5) is 0. The highest BCUT2D eigenvalue weighted by Gasteiger charge is 2.36. The topological polar surface area (TPSA) is 38.7 Å². The maximum atomic E-state index is 9.75. The van der Waals surface area contributed by atoms with Crippen molar-refractivity contribution >= 4 is 0 Å². The second-order valence-electron chi connectivity index (χ2n) is 5.67. The molecule has 0 bridgehead atoms. The van der Waals surface area contributed by atoms with Crippen molar-refractivity contribution in [2.75, 3.05) is 13.2 Å². The van der Waals surface area contributed by atoms with E-state index in [9.17, 15) is 5.11 Å². The molecule has 3 heteroatoms. The Balaban J connectivity index is 1.92. The average molecular weight is 248 g/mol. The second kappa shape index (κ2) is 4.47. The van der Waals surface area contributed by atoms with Gasteiger partial charge in [-0.2, -0.15) is 0 Å². The van der Waals surface area contributed by atoms with Gasteiger partial charge < -0.3 is 14.6 Å². The second-order valence-corrected chi connectivity index (χ2v) is 5.67. The van der Waals surface area contributed by atoms with Crippen LogP contribution in [-0.4, -0.2) is 24.4 Å². The zero-order valence-corrected chi connectivity index (χ0v) is 10.8. The summed E-state index contributed by atoms with van der Waals surface area (Å²) in [5.41, 5.74) is 1.33. The molecule has 98 valence electrons. The van der Waals surface area contributed by atoms with E-state index in [1.54, 1.807) is 0 Å². The minimum Gasteiger partial charge on any atom is -0.490 e. The molecule has 1 aromatic carbocycles. The lowest BCUT2D eigenvalue weighted by molar-refractivity contribution is 0.175. The summed E-state index contributed by atoms with van der Waals surface area (Å²) in [5, 5.41) is 9.75. The summed E-state index contributed by atoms with van der Waals surface area (Å²) in [6, 6.07) is 6.22. The van der Waals surface area contributed by atoms with E-state index >= 15 is 0 Å². The van der Waals surface area contributed by atoms with Crippen LogP contribution in [-0.2, 0) is 5.41 Å². The number of aliphatic hydroxyl groups excluding tert-OH is 1. The van der Waals surface area contributed by atoms with Gasteiger partial charge in [0.05, 0.1) is 19.3 Å². The predicted molar refractivity (Wildman–Crippen MR) is 69.3 cm³/mol. The Hall–Kier alpha value is -1.22. The van der Waals surface area contributed by atoms with Gasteiger partial charge in [-0.3, -0.25) is 0 Å². The van der Waals surface area contributed by atoms with E-state index in [1.165, 1.54) is 5.56 Å². The lowest BCUT2D eigenvalue weighted by Gasteiger charge is -2.25. The SMILES string of the molecule is CC1(c2ccc3c(c2)OCCCO3)CCC(O)C1. The fraction of sp³-hybridized carbons (Fsp3) is 0.600. The summed E-state index contributed by atoms with van der Waals surface area (Å²) in [7, 11) is 0. The summed E-state index contributed by atoms with van der Waals surface area (Å²) >= 11 is 0. The molecule has 0 radical (unpaired) electrons. The smallest absolute Gasteiger partial charge is 0.161 e. The van der Waals surface area contributed by atoms with Crippen molar-refractivity contribution in [2.45, 2.75) is 44.1 Å². The van der Waals surface area contributed by atoms with E-state index < -0.39 is 0 Å². The molecule has 1 aliphatic heterocycles. The van der Waals surface area contributed by atoms with Crippen LogP contribution in [0.15, 0.2) is 18.2 Å². The van der Waals surface area contributed by atoms with E-state index in [0.717, 1.165) is 50.4 Å². The minimum atomic E-state index is -0.161. The third kappa shape index (κ3) is 2.07. The van der Waals surface area contributed by atoms with Crippen LogP contribution in [0.1, 0.15) is 38.2 Å². The predicted octanol–water partition coefficient (Wildman–Crippen LogP) is 2.65. The third-order valence-electron chi connectivity index (χ3n) is 4.16. The van der Waals surface area contributed by atoms with Crippen molar-refractivity contribution in [2.24, 2.45) is 0 Å². The van der Waals surface area contributed by atoms with Gasteiger partial charge in [0.1, 0.15) is 0 Å². The monoisotopic (exact) mass is 248 g/mol. The largest absolute Gasteiger partial charge is 0.490 e.